The van der Waals surface area contributed by atoms with E-state index in [0.29, 0.717) is 18.8 Å². The Balaban J connectivity index is 2.26. The summed E-state index contributed by atoms with van der Waals surface area (Å²) < 4.78 is 7.47. The van der Waals surface area contributed by atoms with Crippen LogP contribution in [0.1, 0.15) is 23.0 Å². The summed E-state index contributed by atoms with van der Waals surface area (Å²) in [5.74, 6) is 0.876. The number of carbonyl (C=O) groups excluding carboxylic acids is 1. The molecule has 0 aliphatic heterocycles. The maximum atomic E-state index is 10.8. The molecule has 3 heteroatoms. The second-order valence-electron chi connectivity index (χ2n) is 3.72. The van der Waals surface area contributed by atoms with E-state index in [4.69, 9.17) is 4.74 Å². The second kappa shape index (κ2) is 5.34. The molecule has 0 spiro atoms. The van der Waals surface area contributed by atoms with Crippen molar-refractivity contribution in [1.82, 2.24) is 4.57 Å². The minimum absolute atomic E-state index is 0.642. The molecule has 0 saturated carbocycles. The number of carbonyl (C=O) groups is 1. The standard InChI is InChI=1S/C14H15NO2/c1-2-17-14-8-4-3-6-12(14)10-15-9-5-7-13(15)11-16/h3-9,11H,2,10H2,1H3. The lowest BCUT2D eigenvalue weighted by Crippen LogP contribution is -2.04. The van der Waals surface area contributed by atoms with Crippen LogP contribution >= 0.6 is 0 Å². The van der Waals surface area contributed by atoms with Gasteiger partial charge in [0.25, 0.3) is 0 Å². The molecule has 0 N–H and O–H groups in total. The van der Waals surface area contributed by atoms with E-state index in [1.54, 1.807) is 6.07 Å². The molecule has 88 valence electrons. The molecule has 2 aromatic rings. The first-order valence-corrected chi connectivity index (χ1v) is 5.66. The van der Waals surface area contributed by atoms with Crippen LogP contribution in [0.2, 0.25) is 0 Å². The van der Waals surface area contributed by atoms with Crippen LogP contribution in [0.15, 0.2) is 42.6 Å². The highest BCUT2D eigenvalue weighted by molar-refractivity contribution is 5.72. The third kappa shape index (κ3) is 2.56. The van der Waals surface area contributed by atoms with Crippen LogP contribution in [0.25, 0.3) is 0 Å². The van der Waals surface area contributed by atoms with Gasteiger partial charge >= 0.3 is 0 Å². The van der Waals surface area contributed by atoms with Gasteiger partial charge in [-0.05, 0) is 25.1 Å². The number of nitrogens with zero attached hydrogens (tertiary/aromatic N) is 1. The summed E-state index contributed by atoms with van der Waals surface area (Å²) in [6, 6.07) is 11.6. The molecule has 2 rings (SSSR count). The van der Waals surface area contributed by atoms with Gasteiger partial charge in [-0.1, -0.05) is 18.2 Å². The predicted octanol–water partition coefficient (Wildman–Crippen LogP) is 2.75. The second-order valence-corrected chi connectivity index (χ2v) is 3.72. The van der Waals surface area contributed by atoms with Gasteiger partial charge in [-0.15, -0.1) is 0 Å². The summed E-state index contributed by atoms with van der Waals surface area (Å²) in [5, 5.41) is 0. The monoisotopic (exact) mass is 229 g/mol. The van der Waals surface area contributed by atoms with Crippen molar-refractivity contribution in [3.8, 4) is 5.75 Å². The Morgan fingerprint density at radius 3 is 2.82 bits per heavy atom. The molecule has 1 aromatic carbocycles. The Hall–Kier alpha value is -2.03. The van der Waals surface area contributed by atoms with Crippen molar-refractivity contribution in [2.45, 2.75) is 13.5 Å². The lowest BCUT2D eigenvalue weighted by molar-refractivity contribution is 0.111. The highest BCUT2D eigenvalue weighted by Gasteiger charge is 2.05. The van der Waals surface area contributed by atoms with Gasteiger partial charge in [0.1, 0.15) is 5.75 Å². The Labute approximate surface area is 101 Å². The quantitative estimate of drug-likeness (QED) is 0.738. The third-order valence-electron chi connectivity index (χ3n) is 2.60. The normalized spacial score (nSPS) is 10.2. The van der Waals surface area contributed by atoms with Crippen LogP contribution < -0.4 is 4.74 Å². The van der Waals surface area contributed by atoms with E-state index >= 15 is 0 Å². The number of aldehydes is 1. The van der Waals surface area contributed by atoms with Gasteiger partial charge < -0.3 is 9.30 Å². The molecule has 0 unspecified atom stereocenters. The third-order valence-corrected chi connectivity index (χ3v) is 2.60. The Kier molecular flexibility index (Phi) is 3.60. The number of ether oxygens (including phenoxy) is 1. The average molecular weight is 229 g/mol. The van der Waals surface area contributed by atoms with Gasteiger partial charge in [0, 0.05) is 11.8 Å². The molecule has 0 aliphatic carbocycles. The van der Waals surface area contributed by atoms with E-state index < -0.39 is 0 Å². The van der Waals surface area contributed by atoms with Gasteiger partial charge in [-0.3, -0.25) is 4.79 Å². The molecular weight excluding hydrogens is 214 g/mol. The van der Waals surface area contributed by atoms with Crippen molar-refractivity contribution in [2.75, 3.05) is 6.61 Å². The van der Waals surface area contributed by atoms with E-state index in [2.05, 4.69) is 0 Å². The zero-order valence-electron chi connectivity index (χ0n) is 9.80. The smallest absolute Gasteiger partial charge is 0.166 e. The summed E-state index contributed by atoms with van der Waals surface area (Å²) in [7, 11) is 0. The van der Waals surface area contributed by atoms with Crippen molar-refractivity contribution in [3.63, 3.8) is 0 Å². The summed E-state index contributed by atoms with van der Waals surface area (Å²) in [4.78, 5) is 10.8. The number of hydrogen-bond acceptors (Lipinski definition) is 2. The number of benzene rings is 1. The summed E-state index contributed by atoms with van der Waals surface area (Å²) in [5.41, 5.74) is 1.75. The van der Waals surface area contributed by atoms with Gasteiger partial charge in [-0.25, -0.2) is 0 Å². The molecule has 1 aromatic heterocycles. The first kappa shape index (κ1) is 11.5. The number of rotatable bonds is 5. The van der Waals surface area contributed by atoms with Gasteiger partial charge in [0.15, 0.2) is 6.29 Å². The predicted molar refractivity (Wildman–Crippen MR) is 66.5 cm³/mol. The van der Waals surface area contributed by atoms with Crippen LogP contribution in [0.4, 0.5) is 0 Å². The lowest BCUT2D eigenvalue weighted by Gasteiger charge is -2.11. The molecule has 0 saturated heterocycles. The van der Waals surface area contributed by atoms with E-state index in [-0.39, 0.29) is 0 Å². The zero-order chi connectivity index (χ0) is 12.1. The molecule has 0 aliphatic rings. The molecule has 0 bridgehead atoms. The van der Waals surface area contributed by atoms with Crippen molar-refractivity contribution >= 4 is 6.29 Å². The van der Waals surface area contributed by atoms with Crippen LogP contribution in [0, 0.1) is 0 Å². The SMILES string of the molecule is CCOc1ccccc1Cn1cccc1C=O. The van der Waals surface area contributed by atoms with Crippen LogP contribution in [0.5, 0.6) is 5.75 Å². The fraction of sp³-hybridized carbons (Fsp3) is 0.214. The topological polar surface area (TPSA) is 31.2 Å². The van der Waals surface area contributed by atoms with Gasteiger partial charge in [0.05, 0.1) is 18.8 Å². The van der Waals surface area contributed by atoms with E-state index in [1.807, 2.05) is 48.0 Å². The molecule has 0 fully saturated rings. The van der Waals surface area contributed by atoms with E-state index in [0.717, 1.165) is 17.6 Å². The number of hydrogen-bond donors (Lipinski definition) is 0. The van der Waals surface area contributed by atoms with Crippen molar-refractivity contribution < 1.29 is 9.53 Å². The average Bonchev–Trinajstić information content (AvgIpc) is 2.79. The van der Waals surface area contributed by atoms with Crippen LogP contribution in [0.3, 0.4) is 0 Å². The molecule has 0 amide bonds. The number of aromatic nitrogens is 1. The Bertz CT molecular complexity index is 502. The molecular formula is C14H15NO2. The molecule has 1 heterocycles. The van der Waals surface area contributed by atoms with Crippen molar-refractivity contribution in [2.24, 2.45) is 0 Å². The highest BCUT2D eigenvalue weighted by atomic mass is 16.5. The summed E-state index contributed by atoms with van der Waals surface area (Å²) >= 11 is 0. The van der Waals surface area contributed by atoms with Gasteiger partial charge in [0.2, 0.25) is 0 Å². The first-order chi connectivity index (χ1) is 8.35. The molecule has 17 heavy (non-hydrogen) atoms. The minimum atomic E-state index is 0.642. The largest absolute Gasteiger partial charge is 0.494 e. The Morgan fingerprint density at radius 2 is 2.06 bits per heavy atom. The maximum absolute atomic E-state index is 10.8. The Morgan fingerprint density at radius 1 is 1.24 bits per heavy atom. The van der Waals surface area contributed by atoms with E-state index in [9.17, 15) is 4.79 Å². The molecule has 0 radical (unpaired) electrons. The lowest BCUT2D eigenvalue weighted by atomic mass is 10.2. The van der Waals surface area contributed by atoms with Crippen molar-refractivity contribution in [3.05, 3.63) is 53.9 Å². The van der Waals surface area contributed by atoms with E-state index in [1.165, 1.54) is 0 Å². The molecule has 0 atom stereocenters. The highest BCUT2D eigenvalue weighted by Crippen LogP contribution is 2.19. The zero-order valence-corrected chi connectivity index (χ0v) is 9.80. The van der Waals surface area contributed by atoms with Crippen molar-refractivity contribution in [1.29, 1.82) is 0 Å². The summed E-state index contributed by atoms with van der Waals surface area (Å²) in [6.07, 6.45) is 2.76. The summed E-state index contributed by atoms with van der Waals surface area (Å²) in [6.45, 7) is 3.25. The van der Waals surface area contributed by atoms with Crippen LogP contribution in [-0.4, -0.2) is 17.5 Å². The molecule has 3 nitrogen and oxygen atoms in total. The minimum Gasteiger partial charge on any atom is -0.494 e. The van der Waals surface area contributed by atoms with Crippen LogP contribution in [-0.2, 0) is 6.54 Å². The maximum Gasteiger partial charge on any atom is 0.166 e. The van der Waals surface area contributed by atoms with Gasteiger partial charge in [-0.2, -0.15) is 0 Å². The number of para-hydroxylation sites is 1. The fourth-order valence-electron chi connectivity index (χ4n) is 1.79. The fourth-order valence-corrected chi connectivity index (χ4v) is 1.79. The first-order valence-electron chi connectivity index (χ1n) is 5.66.